The number of hydrogen-bond donors (Lipinski definition) is 0. The van der Waals surface area contributed by atoms with Gasteiger partial charge in [-0.2, -0.15) is 0 Å². The molecule has 24 heavy (non-hydrogen) atoms. The molecule has 1 unspecified atom stereocenters. The van der Waals surface area contributed by atoms with E-state index in [1.54, 1.807) is 19.5 Å². The summed E-state index contributed by atoms with van der Waals surface area (Å²) >= 11 is 0. The van der Waals surface area contributed by atoms with Crippen LogP contribution >= 0.6 is 0 Å². The minimum Gasteiger partial charge on any atom is -0.497 e. The summed E-state index contributed by atoms with van der Waals surface area (Å²) in [7, 11) is 1.67. The van der Waals surface area contributed by atoms with Crippen molar-refractivity contribution in [1.82, 2.24) is 9.88 Å². The summed E-state index contributed by atoms with van der Waals surface area (Å²) in [6.07, 6.45) is 6.32. The first-order valence-corrected chi connectivity index (χ1v) is 8.49. The Kier molecular flexibility index (Phi) is 5.14. The lowest BCUT2D eigenvalue weighted by Crippen LogP contribution is -2.33. The zero-order valence-electron chi connectivity index (χ0n) is 14.3. The topological polar surface area (TPSA) is 42.4 Å². The number of aromatic nitrogens is 1. The molecule has 3 rings (SSSR count). The largest absolute Gasteiger partial charge is 0.497 e. The van der Waals surface area contributed by atoms with Gasteiger partial charge in [0.25, 0.3) is 0 Å². The van der Waals surface area contributed by atoms with Crippen molar-refractivity contribution in [3.05, 3.63) is 59.9 Å². The second-order valence-electron chi connectivity index (χ2n) is 6.49. The Balaban J connectivity index is 1.67. The predicted molar refractivity (Wildman–Crippen MR) is 93.8 cm³/mol. The molecule has 1 aliphatic rings. The lowest BCUT2D eigenvalue weighted by atomic mass is 9.97. The molecule has 1 saturated carbocycles. The molecule has 126 valence electrons. The van der Waals surface area contributed by atoms with Gasteiger partial charge in [-0.25, -0.2) is 0 Å². The Morgan fingerprint density at radius 3 is 2.71 bits per heavy atom. The Hall–Kier alpha value is -2.36. The average Bonchev–Trinajstić information content (AvgIpc) is 3.45. The summed E-state index contributed by atoms with van der Waals surface area (Å²) in [5.41, 5.74) is 2.28. The van der Waals surface area contributed by atoms with Crippen LogP contribution in [0, 0.1) is 0 Å². The monoisotopic (exact) mass is 324 g/mol. The second kappa shape index (κ2) is 7.47. The van der Waals surface area contributed by atoms with Gasteiger partial charge in [0.2, 0.25) is 5.91 Å². The van der Waals surface area contributed by atoms with Crippen molar-refractivity contribution in [3.8, 4) is 5.75 Å². The van der Waals surface area contributed by atoms with Gasteiger partial charge in [0.15, 0.2) is 0 Å². The van der Waals surface area contributed by atoms with Gasteiger partial charge in [-0.1, -0.05) is 19.1 Å². The standard InChI is InChI=1S/C20H24N2O2/c1-15(17-4-3-5-19(13-17)24-2)12-20(23)22(18-6-7-18)14-16-8-10-21-11-9-16/h3-5,8-11,13,15,18H,6-7,12,14H2,1-2H3. The highest BCUT2D eigenvalue weighted by molar-refractivity contribution is 5.77. The highest BCUT2D eigenvalue weighted by atomic mass is 16.5. The van der Waals surface area contributed by atoms with Crippen LogP contribution in [0.15, 0.2) is 48.8 Å². The van der Waals surface area contributed by atoms with Gasteiger partial charge in [-0.3, -0.25) is 9.78 Å². The molecular formula is C20H24N2O2. The van der Waals surface area contributed by atoms with E-state index in [1.807, 2.05) is 35.2 Å². The number of carbonyl (C=O) groups is 1. The second-order valence-corrected chi connectivity index (χ2v) is 6.49. The van der Waals surface area contributed by atoms with Gasteiger partial charge in [-0.05, 0) is 54.2 Å². The summed E-state index contributed by atoms with van der Waals surface area (Å²) in [5.74, 6) is 1.23. The molecule has 0 saturated heterocycles. The Morgan fingerprint density at radius 2 is 2.04 bits per heavy atom. The smallest absolute Gasteiger partial charge is 0.223 e. The van der Waals surface area contributed by atoms with E-state index >= 15 is 0 Å². The summed E-state index contributed by atoms with van der Waals surface area (Å²) in [4.78, 5) is 18.9. The molecular weight excluding hydrogens is 300 g/mol. The first kappa shape index (κ1) is 16.5. The van der Waals surface area contributed by atoms with Crippen LogP contribution in [0.2, 0.25) is 0 Å². The van der Waals surface area contributed by atoms with E-state index in [-0.39, 0.29) is 11.8 Å². The first-order valence-electron chi connectivity index (χ1n) is 8.49. The van der Waals surface area contributed by atoms with Gasteiger partial charge in [0.05, 0.1) is 7.11 Å². The van der Waals surface area contributed by atoms with E-state index in [2.05, 4.69) is 18.0 Å². The van der Waals surface area contributed by atoms with Crippen LogP contribution in [0.3, 0.4) is 0 Å². The number of amides is 1. The van der Waals surface area contributed by atoms with Crippen LogP contribution in [0.1, 0.15) is 43.2 Å². The quantitative estimate of drug-likeness (QED) is 0.778. The van der Waals surface area contributed by atoms with Crippen LogP contribution in [0.25, 0.3) is 0 Å². The van der Waals surface area contributed by atoms with Crippen molar-refractivity contribution in [2.45, 2.75) is 44.7 Å². The maximum atomic E-state index is 12.8. The molecule has 1 aromatic carbocycles. The maximum absolute atomic E-state index is 12.8. The Morgan fingerprint density at radius 1 is 1.29 bits per heavy atom. The molecule has 4 heteroatoms. The van der Waals surface area contributed by atoms with Crippen LogP contribution in [-0.2, 0) is 11.3 Å². The summed E-state index contributed by atoms with van der Waals surface area (Å²) in [6.45, 7) is 2.78. The van der Waals surface area contributed by atoms with E-state index in [9.17, 15) is 4.79 Å². The fourth-order valence-electron chi connectivity index (χ4n) is 2.94. The molecule has 0 N–H and O–H groups in total. The molecule has 1 fully saturated rings. The molecule has 1 aromatic heterocycles. The lowest BCUT2D eigenvalue weighted by Gasteiger charge is -2.24. The number of hydrogen-bond acceptors (Lipinski definition) is 3. The Labute approximate surface area is 143 Å². The van der Waals surface area contributed by atoms with Gasteiger partial charge in [0, 0.05) is 31.4 Å². The third kappa shape index (κ3) is 4.13. The van der Waals surface area contributed by atoms with Crippen LogP contribution in [-0.4, -0.2) is 28.9 Å². The number of nitrogens with zero attached hydrogens (tertiary/aromatic N) is 2. The number of pyridine rings is 1. The molecule has 1 aliphatic carbocycles. The zero-order valence-corrected chi connectivity index (χ0v) is 14.3. The van der Waals surface area contributed by atoms with Crippen molar-refractivity contribution >= 4 is 5.91 Å². The van der Waals surface area contributed by atoms with E-state index in [0.717, 1.165) is 29.7 Å². The van der Waals surface area contributed by atoms with Crippen molar-refractivity contribution in [1.29, 1.82) is 0 Å². The van der Waals surface area contributed by atoms with Crippen molar-refractivity contribution in [2.75, 3.05) is 7.11 Å². The molecule has 2 aromatic rings. The van der Waals surface area contributed by atoms with E-state index in [1.165, 1.54) is 0 Å². The molecule has 0 aliphatic heterocycles. The predicted octanol–water partition coefficient (Wildman–Crippen LogP) is 3.78. The third-order valence-electron chi connectivity index (χ3n) is 4.55. The van der Waals surface area contributed by atoms with Gasteiger partial charge in [0.1, 0.15) is 5.75 Å². The third-order valence-corrected chi connectivity index (χ3v) is 4.55. The molecule has 0 spiro atoms. The van der Waals surface area contributed by atoms with Gasteiger partial charge >= 0.3 is 0 Å². The SMILES string of the molecule is COc1cccc(C(C)CC(=O)N(Cc2ccncc2)C2CC2)c1. The van der Waals surface area contributed by atoms with E-state index < -0.39 is 0 Å². The summed E-state index contributed by atoms with van der Waals surface area (Å²) in [5, 5.41) is 0. The highest BCUT2D eigenvalue weighted by Gasteiger charge is 2.33. The number of methoxy groups -OCH3 is 1. The number of carbonyl (C=O) groups excluding carboxylic acids is 1. The normalized spacial score (nSPS) is 14.9. The zero-order chi connectivity index (χ0) is 16.9. The fraction of sp³-hybridized carbons (Fsp3) is 0.400. The summed E-state index contributed by atoms with van der Waals surface area (Å²) < 4.78 is 5.28. The number of ether oxygens (including phenoxy) is 1. The molecule has 1 amide bonds. The van der Waals surface area contributed by atoms with Crippen LogP contribution < -0.4 is 4.74 Å². The van der Waals surface area contributed by atoms with E-state index in [4.69, 9.17) is 4.74 Å². The first-order chi connectivity index (χ1) is 11.7. The van der Waals surface area contributed by atoms with Gasteiger partial charge in [-0.15, -0.1) is 0 Å². The minimum atomic E-state index is 0.172. The van der Waals surface area contributed by atoms with Crippen molar-refractivity contribution < 1.29 is 9.53 Å². The lowest BCUT2D eigenvalue weighted by molar-refractivity contribution is -0.132. The number of rotatable bonds is 7. The molecule has 0 bridgehead atoms. The molecule has 4 nitrogen and oxygen atoms in total. The van der Waals surface area contributed by atoms with Crippen LogP contribution in [0.4, 0.5) is 0 Å². The number of benzene rings is 1. The Bertz CT molecular complexity index is 683. The van der Waals surface area contributed by atoms with Crippen molar-refractivity contribution in [3.63, 3.8) is 0 Å². The fourth-order valence-corrected chi connectivity index (χ4v) is 2.94. The summed E-state index contributed by atoms with van der Waals surface area (Å²) in [6, 6.07) is 12.3. The van der Waals surface area contributed by atoms with Crippen molar-refractivity contribution in [2.24, 2.45) is 0 Å². The molecule has 1 heterocycles. The van der Waals surface area contributed by atoms with Gasteiger partial charge < -0.3 is 9.64 Å². The molecule has 1 atom stereocenters. The van der Waals surface area contributed by atoms with Crippen LogP contribution in [0.5, 0.6) is 5.75 Å². The maximum Gasteiger partial charge on any atom is 0.223 e. The highest BCUT2D eigenvalue weighted by Crippen LogP contribution is 2.31. The molecule has 0 radical (unpaired) electrons. The minimum absolute atomic E-state index is 0.172. The average molecular weight is 324 g/mol. The van der Waals surface area contributed by atoms with E-state index in [0.29, 0.717) is 19.0 Å².